The molecular formula is C69H75N3O. The van der Waals surface area contributed by atoms with Gasteiger partial charge in [0.05, 0.1) is 44.4 Å². The number of benzene rings is 7. The van der Waals surface area contributed by atoms with E-state index in [0.717, 1.165) is 11.1 Å². The molecule has 9 rings (SSSR count). The van der Waals surface area contributed by atoms with E-state index in [4.69, 9.17) is 22.3 Å². The number of fused-ring (bicyclic) bond motifs is 1. The van der Waals surface area contributed by atoms with Gasteiger partial charge in [-0.05, 0) is 132 Å². The Balaban J connectivity index is 1.49. The maximum absolute atomic E-state index is 13.0. The molecule has 4 heteroatoms. The molecule has 0 aliphatic rings. The van der Waals surface area contributed by atoms with Crippen molar-refractivity contribution in [2.24, 2.45) is 5.41 Å². The van der Waals surface area contributed by atoms with Crippen LogP contribution in [0.3, 0.4) is 0 Å². The number of phenolic OH excluding ortho intramolecular Hbond substituents is 1. The number of imidazole rings is 1. The number of hydrogen-bond donors (Lipinski definition) is 1. The second kappa shape index (κ2) is 18.8. The molecular weight excluding hydrogens is 887 g/mol. The van der Waals surface area contributed by atoms with Crippen LogP contribution in [0.15, 0.2) is 164 Å². The predicted octanol–water partition coefficient (Wildman–Crippen LogP) is 18.9. The Morgan fingerprint density at radius 2 is 1.04 bits per heavy atom. The molecule has 9 aromatic rings. The van der Waals surface area contributed by atoms with E-state index in [2.05, 4.69) is 41.5 Å². The molecule has 0 amide bonds. The van der Waals surface area contributed by atoms with Gasteiger partial charge in [0.15, 0.2) is 0 Å². The van der Waals surface area contributed by atoms with Crippen molar-refractivity contribution in [2.45, 2.75) is 132 Å². The van der Waals surface area contributed by atoms with Crippen molar-refractivity contribution >= 4 is 11.0 Å². The van der Waals surface area contributed by atoms with Crippen molar-refractivity contribution < 1.29 is 24.3 Å². The van der Waals surface area contributed by atoms with Gasteiger partial charge < -0.3 is 5.11 Å². The van der Waals surface area contributed by atoms with Crippen molar-refractivity contribution in [3.63, 3.8) is 0 Å². The Morgan fingerprint density at radius 3 is 1.59 bits per heavy atom. The molecule has 2 aromatic heterocycles. The molecule has 0 saturated carbocycles. The summed E-state index contributed by atoms with van der Waals surface area (Å²) in [6, 6.07) is 19.7. The Morgan fingerprint density at radius 1 is 0.507 bits per heavy atom. The SMILES string of the molecule is [2H]c1cnc(-c2cc(-c3cccc4c3nc(-c3cc(C(C)(C)C)cc(C(C)(C)C)c3O)n4-c3c(-c4c([2H])c([2H])c([2H])c([2H])c4[2H])cc(C(C)(C)C)cc3-c3c([2H])c([2H])c([2H])c([2H])c3[2H])cc(C(C)(C)C)c2)c([2H])c1-c1ccc(C([2H])([2H])C(C)(C)C)cc1. The number of phenols is 1. The van der Waals surface area contributed by atoms with E-state index in [1.165, 1.54) is 6.20 Å². The summed E-state index contributed by atoms with van der Waals surface area (Å²) in [6.07, 6.45) is -0.258. The molecule has 7 aromatic carbocycles. The van der Waals surface area contributed by atoms with Crippen LogP contribution in [0.4, 0.5) is 0 Å². The molecule has 0 saturated heterocycles. The molecule has 0 spiro atoms. The smallest absolute Gasteiger partial charge is 0.149 e. The third-order valence-corrected chi connectivity index (χ3v) is 13.2. The fraction of sp³-hybridized carbons (Fsp3) is 0.304. The second-order valence-electron chi connectivity index (χ2n) is 24.3. The average molecular weight is 976 g/mol. The van der Waals surface area contributed by atoms with Crippen LogP contribution in [0.1, 0.15) is 151 Å². The van der Waals surface area contributed by atoms with Crippen LogP contribution in [0, 0.1) is 5.41 Å². The van der Waals surface area contributed by atoms with Gasteiger partial charge in [0.1, 0.15) is 11.6 Å². The molecule has 4 nitrogen and oxygen atoms in total. The van der Waals surface area contributed by atoms with E-state index < -0.39 is 93.9 Å². The van der Waals surface area contributed by atoms with E-state index in [0.29, 0.717) is 55.5 Å². The van der Waals surface area contributed by atoms with Gasteiger partial charge in [-0.3, -0.25) is 9.55 Å². The minimum Gasteiger partial charge on any atom is -0.507 e. The van der Waals surface area contributed by atoms with Gasteiger partial charge in [-0.2, -0.15) is 0 Å². The number of para-hydroxylation sites is 1. The van der Waals surface area contributed by atoms with E-state index in [1.54, 1.807) is 47.0 Å². The van der Waals surface area contributed by atoms with Gasteiger partial charge in [-0.25, -0.2) is 4.98 Å². The molecule has 73 heavy (non-hydrogen) atoms. The summed E-state index contributed by atoms with van der Waals surface area (Å²) in [5.74, 6) is 0.00720. The maximum Gasteiger partial charge on any atom is 0.149 e. The minimum atomic E-state index is -1.67. The largest absolute Gasteiger partial charge is 0.507 e. The molecule has 2 heterocycles. The van der Waals surface area contributed by atoms with Crippen LogP contribution < -0.4 is 0 Å². The maximum atomic E-state index is 13.0. The normalized spacial score (nSPS) is 15.6. The van der Waals surface area contributed by atoms with Crippen LogP contribution >= 0.6 is 0 Å². The fourth-order valence-corrected chi connectivity index (χ4v) is 9.16. The minimum absolute atomic E-state index is 0.0141. The van der Waals surface area contributed by atoms with Gasteiger partial charge in [0.25, 0.3) is 0 Å². The van der Waals surface area contributed by atoms with Gasteiger partial charge >= 0.3 is 0 Å². The number of hydrogen-bond acceptors (Lipinski definition) is 3. The van der Waals surface area contributed by atoms with E-state index >= 15 is 0 Å². The second-order valence-corrected chi connectivity index (χ2v) is 24.3. The highest BCUT2D eigenvalue weighted by Gasteiger charge is 2.31. The van der Waals surface area contributed by atoms with Crippen molar-refractivity contribution in [3.8, 4) is 78.6 Å². The summed E-state index contributed by atoms with van der Waals surface area (Å²) in [5, 5.41) is 13.0. The molecule has 0 fully saturated rings. The first kappa shape index (κ1) is 36.0. The lowest BCUT2D eigenvalue weighted by atomic mass is 9.78. The molecule has 372 valence electrons. The van der Waals surface area contributed by atoms with Crippen LogP contribution in [-0.2, 0) is 28.0 Å². The lowest BCUT2D eigenvalue weighted by Gasteiger charge is -2.28. The van der Waals surface area contributed by atoms with Gasteiger partial charge in [0.2, 0.25) is 0 Å². The average Bonchev–Trinajstić information content (AvgIpc) is 1.69. The first-order valence-electron chi connectivity index (χ1n) is 32.0. The highest BCUT2D eigenvalue weighted by atomic mass is 16.3. The zero-order chi connectivity index (χ0) is 64.7. The lowest BCUT2D eigenvalue weighted by Crippen LogP contribution is -2.17. The standard InChI is InChI=1S/C69H75N3O/c1-65(2,3)43-44-29-31-45(32-30-44)48-33-34-70-59(38-48)50-35-49(36-51(37-50)66(4,5)6)54-27-22-28-60-61(54)71-64(57-41-53(68(10,11)12)42-58(63(57)73)69(13,14)15)72(60)62-55(46-23-18-16-19-24-46)39-52(67(7,8)9)40-56(62)47-25-20-17-21-26-47/h16-42,73H,43H2,1-15H3/i16D,17D,18D,19D,20D,21D,23D,24D,25D,26D,33D,38D,43D2. The first-order chi connectivity index (χ1) is 40.0. The van der Waals surface area contributed by atoms with Crippen LogP contribution in [0.5, 0.6) is 5.75 Å². The summed E-state index contributed by atoms with van der Waals surface area (Å²) in [5.41, 5.74) is 3.81. The lowest BCUT2D eigenvalue weighted by molar-refractivity contribution is 0.411. The third-order valence-electron chi connectivity index (χ3n) is 13.2. The van der Waals surface area contributed by atoms with Crippen molar-refractivity contribution in [3.05, 3.63) is 191 Å². The number of rotatable bonds is 8. The Labute approximate surface area is 455 Å². The van der Waals surface area contributed by atoms with Gasteiger partial charge in [-0.1, -0.05) is 213 Å². The first-order valence-corrected chi connectivity index (χ1v) is 25.0. The molecule has 1 N–H and O–H groups in total. The third kappa shape index (κ3) is 10.6. The Hall–Kier alpha value is -7.04. The summed E-state index contributed by atoms with van der Waals surface area (Å²) in [6.45, 7) is 29.6. The van der Waals surface area contributed by atoms with Crippen LogP contribution in [0.2, 0.25) is 0 Å². The highest BCUT2D eigenvalue weighted by Crippen LogP contribution is 2.48. The van der Waals surface area contributed by atoms with Crippen molar-refractivity contribution in [1.29, 1.82) is 0 Å². The fourth-order valence-electron chi connectivity index (χ4n) is 9.16. The zero-order valence-electron chi connectivity index (χ0n) is 58.9. The van der Waals surface area contributed by atoms with Crippen molar-refractivity contribution in [1.82, 2.24) is 14.5 Å². The number of nitrogens with zero attached hydrogens (tertiary/aromatic N) is 3. The quantitative estimate of drug-likeness (QED) is 0.165. The van der Waals surface area contributed by atoms with Crippen LogP contribution in [-0.4, -0.2) is 19.6 Å². The van der Waals surface area contributed by atoms with E-state index in [-0.39, 0.29) is 62.9 Å². The summed E-state index contributed by atoms with van der Waals surface area (Å²) in [7, 11) is 0. The zero-order valence-corrected chi connectivity index (χ0v) is 44.9. The topological polar surface area (TPSA) is 50.9 Å². The van der Waals surface area contributed by atoms with Gasteiger partial charge in [-0.15, -0.1) is 0 Å². The molecule has 0 bridgehead atoms. The Bertz CT molecular complexity index is 4150. The summed E-state index contributed by atoms with van der Waals surface area (Å²) in [4.78, 5) is 10.3. The van der Waals surface area contributed by atoms with Crippen LogP contribution in [0.25, 0.3) is 83.9 Å². The van der Waals surface area contributed by atoms with E-state index in [1.807, 2.05) is 105 Å². The predicted molar refractivity (Wildman–Crippen MR) is 311 cm³/mol. The highest BCUT2D eigenvalue weighted by molar-refractivity contribution is 6.00. The molecule has 0 radical (unpaired) electrons. The van der Waals surface area contributed by atoms with E-state index in [9.17, 15) is 12.0 Å². The molecule has 0 aliphatic carbocycles. The van der Waals surface area contributed by atoms with Crippen molar-refractivity contribution in [2.75, 3.05) is 0 Å². The molecule has 0 aliphatic heterocycles. The summed E-state index contributed by atoms with van der Waals surface area (Å²) >= 11 is 0. The Kier molecular flexibility index (Phi) is 9.25. The monoisotopic (exact) mass is 976 g/mol. The number of aromatic nitrogens is 3. The molecule has 0 unspecified atom stereocenters. The summed E-state index contributed by atoms with van der Waals surface area (Å²) < 4.78 is 130. The molecule has 0 atom stereocenters. The number of pyridine rings is 1. The van der Waals surface area contributed by atoms with Gasteiger partial charge in [0, 0.05) is 36.8 Å². The number of aromatic hydroxyl groups is 1.